The van der Waals surface area contributed by atoms with Crippen LogP contribution < -0.4 is 4.90 Å². The van der Waals surface area contributed by atoms with Gasteiger partial charge in [0, 0.05) is 37.5 Å². The highest BCUT2D eigenvalue weighted by atomic mass is 16.2. The zero-order valence-electron chi connectivity index (χ0n) is 15.1. The quantitative estimate of drug-likeness (QED) is 0.776. The molecule has 0 aromatic heterocycles. The Kier molecular flexibility index (Phi) is 4.57. The van der Waals surface area contributed by atoms with Crippen LogP contribution in [0.15, 0.2) is 71.5 Å². The SMILES string of the molecule is CN1C(=O)C(=CN2CCCCC2)N=C(c2ccccc2)c2ccccc21. The first kappa shape index (κ1) is 16.6. The number of para-hydroxylation sites is 1. The number of carbonyl (C=O) groups is 1. The van der Waals surface area contributed by atoms with Crippen molar-refractivity contribution in [3.8, 4) is 0 Å². The number of fused-ring (bicyclic) bond motifs is 1. The summed E-state index contributed by atoms with van der Waals surface area (Å²) in [5, 5.41) is 0. The number of amides is 1. The number of hydrogen-bond donors (Lipinski definition) is 0. The molecule has 1 fully saturated rings. The number of anilines is 1. The Morgan fingerprint density at radius 1 is 0.923 bits per heavy atom. The summed E-state index contributed by atoms with van der Waals surface area (Å²) in [5.74, 6) is -0.0612. The Morgan fingerprint density at radius 3 is 2.38 bits per heavy atom. The third-order valence-corrected chi connectivity index (χ3v) is 5.02. The van der Waals surface area contributed by atoms with Crippen LogP contribution in [0.1, 0.15) is 30.4 Å². The van der Waals surface area contributed by atoms with Gasteiger partial charge in [-0.1, -0.05) is 48.5 Å². The maximum atomic E-state index is 13.1. The number of carbonyl (C=O) groups excluding carboxylic acids is 1. The predicted molar refractivity (Wildman–Crippen MR) is 105 cm³/mol. The number of likely N-dealkylation sites (N-methyl/N-ethyl adjacent to an activating group) is 1. The van der Waals surface area contributed by atoms with E-state index in [4.69, 9.17) is 4.99 Å². The third-order valence-electron chi connectivity index (χ3n) is 5.02. The van der Waals surface area contributed by atoms with E-state index < -0.39 is 0 Å². The first-order valence-corrected chi connectivity index (χ1v) is 9.21. The lowest BCUT2D eigenvalue weighted by Crippen LogP contribution is -2.30. The number of hydrogen-bond acceptors (Lipinski definition) is 3. The van der Waals surface area contributed by atoms with Gasteiger partial charge in [0.2, 0.25) is 0 Å². The van der Waals surface area contributed by atoms with E-state index in [1.165, 1.54) is 19.3 Å². The first-order chi connectivity index (χ1) is 12.7. The molecule has 2 aliphatic heterocycles. The molecular formula is C22H23N3O. The molecule has 0 spiro atoms. The molecule has 4 nitrogen and oxygen atoms in total. The second kappa shape index (κ2) is 7.16. The molecule has 0 atom stereocenters. The molecule has 1 amide bonds. The Balaban J connectivity index is 1.86. The molecule has 4 heteroatoms. The number of rotatable bonds is 2. The third kappa shape index (κ3) is 3.15. The summed E-state index contributed by atoms with van der Waals surface area (Å²) < 4.78 is 0. The van der Waals surface area contributed by atoms with Crippen molar-refractivity contribution < 1.29 is 4.79 Å². The van der Waals surface area contributed by atoms with Gasteiger partial charge in [-0.15, -0.1) is 0 Å². The highest BCUT2D eigenvalue weighted by Gasteiger charge is 2.26. The summed E-state index contributed by atoms with van der Waals surface area (Å²) in [6, 6.07) is 18.1. The molecule has 4 rings (SSSR count). The normalized spacial score (nSPS) is 19.2. The molecule has 2 aromatic carbocycles. The average Bonchev–Trinajstić information content (AvgIpc) is 2.80. The molecule has 0 bridgehead atoms. The zero-order valence-corrected chi connectivity index (χ0v) is 15.1. The van der Waals surface area contributed by atoms with E-state index in [2.05, 4.69) is 4.90 Å². The topological polar surface area (TPSA) is 35.9 Å². The summed E-state index contributed by atoms with van der Waals surface area (Å²) in [5.41, 5.74) is 4.25. The van der Waals surface area contributed by atoms with E-state index >= 15 is 0 Å². The summed E-state index contributed by atoms with van der Waals surface area (Å²) in [6.07, 6.45) is 5.55. The van der Waals surface area contributed by atoms with Gasteiger partial charge in [-0.3, -0.25) is 4.79 Å². The summed E-state index contributed by atoms with van der Waals surface area (Å²) in [7, 11) is 1.83. The summed E-state index contributed by atoms with van der Waals surface area (Å²) >= 11 is 0. The van der Waals surface area contributed by atoms with Crippen LogP contribution in [0.2, 0.25) is 0 Å². The van der Waals surface area contributed by atoms with Gasteiger partial charge in [0.25, 0.3) is 5.91 Å². The highest BCUT2D eigenvalue weighted by molar-refractivity contribution is 6.22. The fourth-order valence-electron chi connectivity index (χ4n) is 3.60. The number of aliphatic imine (C=N–C) groups is 1. The van der Waals surface area contributed by atoms with E-state index in [1.54, 1.807) is 4.90 Å². The summed E-state index contributed by atoms with van der Waals surface area (Å²) in [4.78, 5) is 21.9. The lowest BCUT2D eigenvalue weighted by molar-refractivity contribution is -0.114. The van der Waals surface area contributed by atoms with Crippen LogP contribution in [0.3, 0.4) is 0 Å². The smallest absolute Gasteiger partial charge is 0.278 e. The Hall–Kier alpha value is -2.88. The first-order valence-electron chi connectivity index (χ1n) is 9.21. The molecule has 0 N–H and O–H groups in total. The Labute approximate surface area is 154 Å². The number of nitrogens with zero attached hydrogens (tertiary/aromatic N) is 3. The monoisotopic (exact) mass is 345 g/mol. The van der Waals surface area contributed by atoms with Crippen molar-refractivity contribution in [3.05, 3.63) is 77.6 Å². The van der Waals surface area contributed by atoms with Gasteiger partial charge in [0.1, 0.15) is 5.70 Å². The zero-order chi connectivity index (χ0) is 17.9. The Morgan fingerprint density at radius 2 is 1.62 bits per heavy atom. The van der Waals surface area contributed by atoms with Gasteiger partial charge in [-0.2, -0.15) is 0 Å². The Bertz CT molecular complexity index is 864. The maximum absolute atomic E-state index is 13.1. The largest absolute Gasteiger partial charge is 0.375 e. The number of benzene rings is 2. The minimum Gasteiger partial charge on any atom is -0.375 e. The maximum Gasteiger partial charge on any atom is 0.278 e. The second-order valence-electron chi connectivity index (χ2n) is 6.82. The van der Waals surface area contributed by atoms with E-state index in [1.807, 2.05) is 67.8 Å². The van der Waals surface area contributed by atoms with Gasteiger partial charge in [-0.05, 0) is 25.3 Å². The van der Waals surface area contributed by atoms with Crippen molar-refractivity contribution in [1.82, 2.24) is 4.90 Å². The molecule has 2 heterocycles. The van der Waals surface area contributed by atoms with E-state index in [0.717, 1.165) is 35.6 Å². The van der Waals surface area contributed by atoms with Crippen molar-refractivity contribution in [1.29, 1.82) is 0 Å². The predicted octanol–water partition coefficient (Wildman–Crippen LogP) is 3.83. The van der Waals surface area contributed by atoms with Crippen molar-refractivity contribution in [2.24, 2.45) is 4.99 Å². The van der Waals surface area contributed by atoms with Gasteiger partial charge in [-0.25, -0.2) is 4.99 Å². The number of piperidine rings is 1. The van der Waals surface area contributed by atoms with Crippen LogP contribution in [0.5, 0.6) is 0 Å². The molecule has 132 valence electrons. The van der Waals surface area contributed by atoms with Crippen LogP contribution in [0.4, 0.5) is 5.69 Å². The molecule has 0 radical (unpaired) electrons. The van der Waals surface area contributed by atoms with Crippen LogP contribution in [-0.2, 0) is 4.79 Å². The molecular weight excluding hydrogens is 322 g/mol. The molecule has 2 aromatic rings. The fourth-order valence-corrected chi connectivity index (χ4v) is 3.60. The van der Waals surface area contributed by atoms with Crippen molar-refractivity contribution >= 4 is 17.3 Å². The highest BCUT2D eigenvalue weighted by Crippen LogP contribution is 2.29. The van der Waals surface area contributed by atoms with Crippen LogP contribution >= 0.6 is 0 Å². The molecule has 1 saturated heterocycles. The molecule has 2 aliphatic rings. The second-order valence-corrected chi connectivity index (χ2v) is 6.82. The molecule has 0 unspecified atom stereocenters. The molecule has 0 saturated carbocycles. The average molecular weight is 345 g/mol. The van der Waals surface area contributed by atoms with E-state index in [-0.39, 0.29) is 5.91 Å². The lowest BCUT2D eigenvalue weighted by atomic mass is 10.0. The molecule has 0 aliphatic carbocycles. The van der Waals surface area contributed by atoms with Crippen LogP contribution in [0.25, 0.3) is 0 Å². The van der Waals surface area contributed by atoms with Crippen molar-refractivity contribution in [2.45, 2.75) is 19.3 Å². The van der Waals surface area contributed by atoms with Gasteiger partial charge < -0.3 is 9.80 Å². The minimum absolute atomic E-state index is 0.0612. The van der Waals surface area contributed by atoms with Gasteiger partial charge in [0.05, 0.1) is 11.4 Å². The fraction of sp³-hybridized carbons (Fsp3) is 0.273. The van der Waals surface area contributed by atoms with Crippen LogP contribution in [-0.4, -0.2) is 36.7 Å². The minimum atomic E-state index is -0.0612. The van der Waals surface area contributed by atoms with E-state index in [0.29, 0.717) is 5.70 Å². The van der Waals surface area contributed by atoms with Gasteiger partial charge in [0.15, 0.2) is 0 Å². The standard InChI is InChI=1S/C22H23N3O/c1-24-20-13-7-6-12-18(20)21(17-10-4-2-5-11-17)23-19(22(24)26)16-25-14-8-3-9-15-25/h2,4-7,10-13,16H,3,8-9,14-15H2,1H3. The summed E-state index contributed by atoms with van der Waals surface area (Å²) in [6.45, 7) is 1.98. The number of benzodiazepines with no additional fused rings is 1. The number of likely N-dealkylation sites (tertiary alicyclic amines) is 1. The van der Waals surface area contributed by atoms with Gasteiger partial charge >= 0.3 is 0 Å². The van der Waals surface area contributed by atoms with E-state index in [9.17, 15) is 4.79 Å². The van der Waals surface area contributed by atoms with Crippen molar-refractivity contribution in [3.63, 3.8) is 0 Å². The van der Waals surface area contributed by atoms with Crippen molar-refractivity contribution in [2.75, 3.05) is 25.0 Å². The van der Waals surface area contributed by atoms with Crippen LogP contribution in [0, 0.1) is 0 Å². The molecule has 26 heavy (non-hydrogen) atoms. The lowest BCUT2D eigenvalue weighted by Gasteiger charge is -2.25.